The molecule has 2 nitrogen and oxygen atoms in total. The molecule has 0 bridgehead atoms. The normalized spacial score (nSPS) is 34.2. The second-order valence-electron chi connectivity index (χ2n) is 4.71. The Kier molecular flexibility index (Phi) is 3.17. The maximum Gasteiger partial charge on any atom is 0.178 e. The molecule has 1 fully saturated rings. The summed E-state index contributed by atoms with van der Waals surface area (Å²) in [6.45, 7) is 8.19. The predicted molar refractivity (Wildman–Crippen MR) is 66.0 cm³/mol. The maximum absolute atomic E-state index is 12.4. The van der Waals surface area contributed by atoms with Crippen molar-refractivity contribution in [2.75, 3.05) is 0 Å². The van der Waals surface area contributed by atoms with Crippen LogP contribution in [0.2, 0.25) is 0 Å². The average molecular weight is 238 g/mol. The van der Waals surface area contributed by atoms with E-state index in [4.69, 9.17) is 4.74 Å². The summed E-state index contributed by atoms with van der Waals surface area (Å²) in [5, 5.41) is 0. The summed E-state index contributed by atoms with van der Waals surface area (Å²) in [6.07, 6.45) is 0.227. The minimum atomic E-state index is 0.0213. The summed E-state index contributed by atoms with van der Waals surface area (Å²) in [5.74, 6) is 0.584. The number of thiophene rings is 1. The third-order valence-corrected chi connectivity index (χ3v) is 4.54. The Bertz CT molecular complexity index is 396. The van der Waals surface area contributed by atoms with Crippen molar-refractivity contribution in [3.63, 3.8) is 0 Å². The van der Waals surface area contributed by atoms with Crippen LogP contribution in [-0.4, -0.2) is 18.0 Å². The fourth-order valence-electron chi connectivity index (χ4n) is 2.45. The average Bonchev–Trinajstić information content (AvgIpc) is 2.73. The molecule has 4 atom stereocenters. The van der Waals surface area contributed by atoms with Gasteiger partial charge in [0.25, 0.3) is 0 Å². The molecule has 4 unspecified atom stereocenters. The van der Waals surface area contributed by atoms with Crippen LogP contribution in [0.3, 0.4) is 0 Å². The number of Topliss-reactive ketones (excluding diaryl/α,β-unsaturated/α-hetero) is 1. The standard InChI is InChI=1S/C13H18O2S/c1-7-5-6-11(16-7)13(14)12-8(2)9(3)15-10(12)4/h5-6,8-10,12H,1-4H3. The Labute approximate surface area is 101 Å². The molecule has 0 spiro atoms. The number of carbonyl (C=O) groups is 1. The first-order chi connectivity index (χ1) is 7.50. The van der Waals surface area contributed by atoms with E-state index in [1.165, 1.54) is 4.88 Å². The van der Waals surface area contributed by atoms with Gasteiger partial charge in [-0.15, -0.1) is 11.3 Å². The van der Waals surface area contributed by atoms with E-state index in [0.717, 1.165) is 4.88 Å². The van der Waals surface area contributed by atoms with Gasteiger partial charge in [-0.1, -0.05) is 6.92 Å². The minimum Gasteiger partial charge on any atom is -0.374 e. The van der Waals surface area contributed by atoms with Crippen molar-refractivity contribution in [2.45, 2.75) is 39.9 Å². The van der Waals surface area contributed by atoms with E-state index in [9.17, 15) is 4.79 Å². The van der Waals surface area contributed by atoms with Gasteiger partial charge in [-0.25, -0.2) is 0 Å². The van der Waals surface area contributed by atoms with Crippen LogP contribution in [0.15, 0.2) is 12.1 Å². The monoisotopic (exact) mass is 238 g/mol. The molecular weight excluding hydrogens is 220 g/mol. The number of hydrogen-bond acceptors (Lipinski definition) is 3. The van der Waals surface area contributed by atoms with E-state index in [0.29, 0.717) is 5.92 Å². The van der Waals surface area contributed by atoms with Crippen molar-refractivity contribution in [3.8, 4) is 0 Å². The van der Waals surface area contributed by atoms with E-state index in [1.807, 2.05) is 32.9 Å². The van der Waals surface area contributed by atoms with Gasteiger partial charge < -0.3 is 4.74 Å². The lowest BCUT2D eigenvalue weighted by atomic mass is 9.85. The maximum atomic E-state index is 12.4. The van der Waals surface area contributed by atoms with Gasteiger partial charge in [-0.2, -0.15) is 0 Å². The van der Waals surface area contributed by atoms with Crippen LogP contribution in [-0.2, 0) is 4.74 Å². The lowest BCUT2D eigenvalue weighted by molar-refractivity contribution is 0.0492. The molecule has 1 aliphatic rings. The topological polar surface area (TPSA) is 26.3 Å². The molecule has 0 saturated carbocycles. The highest BCUT2D eigenvalue weighted by Gasteiger charge is 2.41. The van der Waals surface area contributed by atoms with Crippen LogP contribution >= 0.6 is 11.3 Å². The Morgan fingerprint density at radius 2 is 1.94 bits per heavy atom. The summed E-state index contributed by atoms with van der Waals surface area (Å²) < 4.78 is 5.72. The molecular formula is C13H18O2S. The first kappa shape index (κ1) is 11.8. The molecule has 1 aromatic rings. The molecule has 2 heterocycles. The Hall–Kier alpha value is -0.670. The number of carbonyl (C=O) groups excluding carboxylic acids is 1. The minimum absolute atomic E-state index is 0.0213. The van der Waals surface area contributed by atoms with Gasteiger partial charge in [-0.3, -0.25) is 4.79 Å². The van der Waals surface area contributed by atoms with E-state index in [-0.39, 0.29) is 23.9 Å². The first-order valence-corrected chi connectivity index (χ1v) is 6.58. The van der Waals surface area contributed by atoms with Crippen molar-refractivity contribution in [2.24, 2.45) is 11.8 Å². The number of rotatable bonds is 2. The van der Waals surface area contributed by atoms with Crippen LogP contribution in [0.4, 0.5) is 0 Å². The highest BCUT2D eigenvalue weighted by Crippen LogP contribution is 2.35. The summed E-state index contributed by atoms with van der Waals surface area (Å²) >= 11 is 1.58. The predicted octanol–water partition coefficient (Wildman–Crippen LogP) is 3.30. The fraction of sp³-hybridized carbons (Fsp3) is 0.615. The second-order valence-corrected chi connectivity index (χ2v) is 5.99. The highest BCUT2D eigenvalue weighted by atomic mass is 32.1. The summed E-state index contributed by atoms with van der Waals surface area (Å²) in [6, 6.07) is 3.94. The molecule has 0 aliphatic carbocycles. The molecule has 2 rings (SSSR count). The van der Waals surface area contributed by atoms with Crippen LogP contribution in [0.5, 0.6) is 0 Å². The van der Waals surface area contributed by atoms with Gasteiger partial charge in [0.2, 0.25) is 0 Å². The number of hydrogen-bond donors (Lipinski definition) is 0. The Morgan fingerprint density at radius 3 is 2.38 bits per heavy atom. The Morgan fingerprint density at radius 1 is 1.25 bits per heavy atom. The zero-order valence-electron chi connectivity index (χ0n) is 10.2. The quantitative estimate of drug-likeness (QED) is 0.739. The SMILES string of the molecule is Cc1ccc(C(=O)C2C(C)OC(C)C2C)s1. The molecule has 3 heteroatoms. The number of ketones is 1. The van der Waals surface area contributed by atoms with Gasteiger partial charge >= 0.3 is 0 Å². The van der Waals surface area contributed by atoms with Crippen LogP contribution in [0.1, 0.15) is 35.3 Å². The third-order valence-electron chi connectivity index (χ3n) is 3.53. The highest BCUT2D eigenvalue weighted by molar-refractivity contribution is 7.14. The molecule has 0 amide bonds. The molecule has 1 aliphatic heterocycles. The summed E-state index contributed by atoms with van der Waals surface area (Å²) in [4.78, 5) is 14.4. The molecule has 88 valence electrons. The van der Waals surface area contributed by atoms with Gasteiger partial charge in [0.05, 0.1) is 23.0 Å². The number of aryl methyl sites for hydroxylation is 1. The molecule has 16 heavy (non-hydrogen) atoms. The van der Waals surface area contributed by atoms with Gasteiger partial charge in [0, 0.05) is 4.88 Å². The first-order valence-electron chi connectivity index (χ1n) is 5.77. The molecule has 1 aromatic heterocycles. The molecule has 0 N–H and O–H groups in total. The fourth-order valence-corrected chi connectivity index (χ4v) is 3.31. The second kappa shape index (κ2) is 4.30. The lowest BCUT2D eigenvalue weighted by Gasteiger charge is -2.15. The van der Waals surface area contributed by atoms with Crippen LogP contribution < -0.4 is 0 Å². The van der Waals surface area contributed by atoms with Crippen molar-refractivity contribution in [1.29, 1.82) is 0 Å². The third kappa shape index (κ3) is 1.94. The van der Waals surface area contributed by atoms with Gasteiger partial charge in [0.1, 0.15) is 0 Å². The molecule has 0 radical (unpaired) electrons. The van der Waals surface area contributed by atoms with E-state index in [1.54, 1.807) is 11.3 Å². The van der Waals surface area contributed by atoms with E-state index < -0.39 is 0 Å². The van der Waals surface area contributed by atoms with E-state index >= 15 is 0 Å². The zero-order valence-corrected chi connectivity index (χ0v) is 11.0. The lowest BCUT2D eigenvalue weighted by Crippen LogP contribution is -2.26. The van der Waals surface area contributed by atoms with Crippen molar-refractivity contribution < 1.29 is 9.53 Å². The van der Waals surface area contributed by atoms with Crippen LogP contribution in [0, 0.1) is 18.8 Å². The zero-order chi connectivity index (χ0) is 11.9. The molecule has 0 aromatic carbocycles. The molecule has 1 saturated heterocycles. The van der Waals surface area contributed by atoms with Gasteiger partial charge in [-0.05, 0) is 38.8 Å². The van der Waals surface area contributed by atoms with Crippen LogP contribution in [0.25, 0.3) is 0 Å². The summed E-state index contributed by atoms with van der Waals surface area (Å²) in [5.41, 5.74) is 0. The van der Waals surface area contributed by atoms with Crippen molar-refractivity contribution >= 4 is 17.1 Å². The summed E-state index contributed by atoms with van der Waals surface area (Å²) in [7, 11) is 0. The smallest absolute Gasteiger partial charge is 0.178 e. The number of ether oxygens (including phenoxy) is 1. The largest absolute Gasteiger partial charge is 0.374 e. The van der Waals surface area contributed by atoms with Crippen molar-refractivity contribution in [1.82, 2.24) is 0 Å². The van der Waals surface area contributed by atoms with E-state index in [2.05, 4.69) is 6.92 Å². The van der Waals surface area contributed by atoms with Gasteiger partial charge in [0.15, 0.2) is 5.78 Å². The van der Waals surface area contributed by atoms with Crippen molar-refractivity contribution in [3.05, 3.63) is 21.9 Å². The Balaban J connectivity index is 2.22.